The molecule has 136 valence electrons. The predicted octanol–water partition coefficient (Wildman–Crippen LogP) is 3.15. The number of rotatable bonds is 6. The molecule has 0 saturated heterocycles. The normalized spacial score (nSPS) is 19.2. The van der Waals surface area contributed by atoms with Gasteiger partial charge in [0.1, 0.15) is 12.4 Å². The van der Waals surface area contributed by atoms with E-state index >= 15 is 0 Å². The maximum atomic E-state index is 12.5. The summed E-state index contributed by atoms with van der Waals surface area (Å²) < 4.78 is 23.1. The molecule has 6 nitrogen and oxygen atoms in total. The SMILES string of the molecule is CCON=C(CC)C1=C(O)CC(c2ccc(S(C)(=O)=O)cc2)CC1=O. The number of allylic oxidation sites excluding steroid dienone is 2. The van der Waals surface area contributed by atoms with E-state index in [1.807, 2.05) is 6.92 Å². The zero-order chi connectivity index (χ0) is 18.6. The van der Waals surface area contributed by atoms with Gasteiger partial charge in [-0.05, 0) is 37.0 Å². The van der Waals surface area contributed by atoms with E-state index in [4.69, 9.17) is 4.84 Å². The molecule has 1 atom stereocenters. The Labute approximate surface area is 148 Å². The highest BCUT2D eigenvalue weighted by Crippen LogP contribution is 2.34. The molecular formula is C18H23NO5S. The Morgan fingerprint density at radius 2 is 1.88 bits per heavy atom. The van der Waals surface area contributed by atoms with Gasteiger partial charge in [-0.15, -0.1) is 0 Å². The molecule has 0 fully saturated rings. The van der Waals surface area contributed by atoms with Crippen molar-refractivity contribution in [1.82, 2.24) is 0 Å². The maximum absolute atomic E-state index is 12.5. The summed E-state index contributed by atoms with van der Waals surface area (Å²) in [4.78, 5) is 17.8. The van der Waals surface area contributed by atoms with Crippen LogP contribution in [0.4, 0.5) is 0 Å². The molecule has 0 saturated carbocycles. The van der Waals surface area contributed by atoms with Gasteiger partial charge in [-0.1, -0.05) is 24.2 Å². The van der Waals surface area contributed by atoms with Crippen LogP contribution in [0.15, 0.2) is 45.6 Å². The molecular weight excluding hydrogens is 342 g/mol. The average molecular weight is 365 g/mol. The number of Topliss-reactive ketones (excluding diaryl/α,β-unsaturated/α-hetero) is 1. The Hall–Kier alpha value is -2.15. The second-order valence-electron chi connectivity index (χ2n) is 6.00. The van der Waals surface area contributed by atoms with Crippen LogP contribution in [0.25, 0.3) is 0 Å². The molecule has 0 bridgehead atoms. The summed E-state index contributed by atoms with van der Waals surface area (Å²) in [7, 11) is -3.26. The van der Waals surface area contributed by atoms with Gasteiger partial charge in [-0.25, -0.2) is 8.42 Å². The van der Waals surface area contributed by atoms with E-state index in [1.165, 1.54) is 12.1 Å². The Bertz CT molecular complexity index is 806. The lowest BCUT2D eigenvalue weighted by Crippen LogP contribution is -2.23. The summed E-state index contributed by atoms with van der Waals surface area (Å²) in [5.74, 6) is -0.356. The number of hydrogen-bond donors (Lipinski definition) is 1. The third kappa shape index (κ3) is 4.48. The Balaban J connectivity index is 2.28. The van der Waals surface area contributed by atoms with Crippen LogP contribution in [0.1, 0.15) is 44.6 Å². The van der Waals surface area contributed by atoms with Gasteiger partial charge in [0.05, 0.1) is 16.2 Å². The number of oxime groups is 1. The molecule has 0 radical (unpaired) electrons. The van der Waals surface area contributed by atoms with Crippen LogP contribution in [-0.2, 0) is 19.5 Å². The van der Waals surface area contributed by atoms with Crippen molar-refractivity contribution in [3.8, 4) is 0 Å². The van der Waals surface area contributed by atoms with Crippen LogP contribution in [0.3, 0.4) is 0 Å². The molecule has 0 aromatic heterocycles. The number of carbonyl (C=O) groups is 1. The van der Waals surface area contributed by atoms with Crippen molar-refractivity contribution in [1.29, 1.82) is 0 Å². The average Bonchev–Trinajstić information content (AvgIpc) is 2.56. The van der Waals surface area contributed by atoms with E-state index in [0.29, 0.717) is 25.2 Å². The van der Waals surface area contributed by atoms with E-state index in [-0.39, 0.29) is 34.3 Å². The minimum absolute atomic E-state index is 0.00810. The Morgan fingerprint density at radius 3 is 2.36 bits per heavy atom. The molecule has 1 aromatic rings. The second kappa shape index (κ2) is 7.82. The first kappa shape index (κ1) is 19.2. The predicted molar refractivity (Wildman–Crippen MR) is 95.5 cm³/mol. The quantitative estimate of drug-likeness (QED) is 0.617. The van der Waals surface area contributed by atoms with Gasteiger partial charge in [0.15, 0.2) is 15.6 Å². The lowest BCUT2D eigenvalue weighted by molar-refractivity contribution is -0.116. The zero-order valence-corrected chi connectivity index (χ0v) is 15.5. The van der Waals surface area contributed by atoms with E-state index in [9.17, 15) is 18.3 Å². The third-order valence-corrected chi connectivity index (χ3v) is 5.27. The van der Waals surface area contributed by atoms with E-state index in [0.717, 1.165) is 11.8 Å². The molecule has 1 aliphatic carbocycles. The maximum Gasteiger partial charge on any atom is 0.175 e. The fourth-order valence-corrected chi connectivity index (χ4v) is 3.50. The number of nitrogens with zero attached hydrogens (tertiary/aromatic N) is 1. The van der Waals surface area contributed by atoms with Gasteiger partial charge < -0.3 is 9.94 Å². The number of hydrogen-bond acceptors (Lipinski definition) is 6. The van der Waals surface area contributed by atoms with Crippen molar-refractivity contribution in [3.05, 3.63) is 41.2 Å². The second-order valence-corrected chi connectivity index (χ2v) is 8.02. The highest BCUT2D eigenvalue weighted by molar-refractivity contribution is 7.90. The van der Waals surface area contributed by atoms with Crippen LogP contribution in [0.2, 0.25) is 0 Å². The first-order valence-electron chi connectivity index (χ1n) is 8.22. The summed E-state index contributed by atoms with van der Waals surface area (Å²) in [6.45, 7) is 4.03. The highest BCUT2D eigenvalue weighted by Gasteiger charge is 2.31. The van der Waals surface area contributed by atoms with Crippen molar-refractivity contribution in [2.75, 3.05) is 12.9 Å². The highest BCUT2D eigenvalue weighted by atomic mass is 32.2. The smallest absolute Gasteiger partial charge is 0.175 e. The summed E-state index contributed by atoms with van der Waals surface area (Å²) in [6.07, 6.45) is 2.18. The fraction of sp³-hybridized carbons (Fsp3) is 0.444. The number of benzene rings is 1. The third-order valence-electron chi connectivity index (χ3n) is 4.15. The van der Waals surface area contributed by atoms with Gasteiger partial charge >= 0.3 is 0 Å². The molecule has 1 unspecified atom stereocenters. The minimum Gasteiger partial charge on any atom is -0.511 e. The van der Waals surface area contributed by atoms with Crippen molar-refractivity contribution >= 4 is 21.3 Å². The van der Waals surface area contributed by atoms with Crippen molar-refractivity contribution in [3.63, 3.8) is 0 Å². The standard InChI is InChI=1S/C18H23NO5S/c1-4-15(19-24-5-2)18-16(20)10-13(11-17(18)21)12-6-8-14(9-7-12)25(3,22)23/h6-9,13,20H,4-5,10-11H2,1-3H3. The van der Waals surface area contributed by atoms with Crippen LogP contribution < -0.4 is 0 Å². The van der Waals surface area contributed by atoms with Crippen LogP contribution in [0.5, 0.6) is 0 Å². The molecule has 1 N–H and O–H groups in total. The van der Waals surface area contributed by atoms with Crippen LogP contribution in [-0.4, -0.2) is 37.9 Å². The van der Waals surface area contributed by atoms with E-state index in [2.05, 4.69) is 5.16 Å². The molecule has 0 amide bonds. The van der Waals surface area contributed by atoms with Gasteiger partial charge in [0.2, 0.25) is 0 Å². The lowest BCUT2D eigenvalue weighted by Gasteiger charge is -2.24. The van der Waals surface area contributed by atoms with Crippen LogP contribution >= 0.6 is 0 Å². The van der Waals surface area contributed by atoms with Gasteiger partial charge in [0, 0.05) is 19.1 Å². The van der Waals surface area contributed by atoms with Crippen LogP contribution in [0, 0.1) is 0 Å². The zero-order valence-electron chi connectivity index (χ0n) is 14.7. The van der Waals surface area contributed by atoms with Gasteiger partial charge in [-0.3, -0.25) is 4.79 Å². The molecule has 25 heavy (non-hydrogen) atoms. The van der Waals surface area contributed by atoms with Gasteiger partial charge in [0.25, 0.3) is 0 Å². The largest absolute Gasteiger partial charge is 0.511 e. The van der Waals surface area contributed by atoms with Gasteiger partial charge in [-0.2, -0.15) is 0 Å². The number of aliphatic hydroxyl groups is 1. The molecule has 0 aliphatic heterocycles. The molecule has 1 aliphatic rings. The molecule has 2 rings (SSSR count). The number of ketones is 1. The van der Waals surface area contributed by atoms with Crippen molar-refractivity contribution < 1.29 is 23.2 Å². The summed E-state index contributed by atoms with van der Waals surface area (Å²) >= 11 is 0. The topological polar surface area (TPSA) is 93.0 Å². The first-order valence-corrected chi connectivity index (χ1v) is 10.1. The number of sulfone groups is 1. The lowest BCUT2D eigenvalue weighted by atomic mass is 9.81. The summed E-state index contributed by atoms with van der Waals surface area (Å²) in [5, 5.41) is 14.3. The summed E-state index contributed by atoms with van der Waals surface area (Å²) in [5.41, 5.74) is 1.53. The monoisotopic (exact) mass is 365 g/mol. The molecule has 1 aromatic carbocycles. The number of carbonyl (C=O) groups excluding carboxylic acids is 1. The number of aliphatic hydroxyl groups excluding tert-OH is 1. The molecule has 0 spiro atoms. The summed E-state index contributed by atoms with van der Waals surface area (Å²) in [6, 6.07) is 6.45. The van der Waals surface area contributed by atoms with Crippen molar-refractivity contribution in [2.45, 2.75) is 43.9 Å². The molecule has 7 heteroatoms. The minimum atomic E-state index is -3.26. The van der Waals surface area contributed by atoms with E-state index < -0.39 is 9.84 Å². The Morgan fingerprint density at radius 1 is 1.24 bits per heavy atom. The molecule has 0 heterocycles. The Kier molecular flexibility index (Phi) is 6.00. The van der Waals surface area contributed by atoms with E-state index in [1.54, 1.807) is 19.1 Å². The first-order chi connectivity index (χ1) is 11.8. The van der Waals surface area contributed by atoms with Crippen molar-refractivity contribution in [2.24, 2.45) is 5.16 Å². The fourth-order valence-electron chi connectivity index (χ4n) is 2.87.